The number of fused-ring (bicyclic) bond motifs is 1. The number of thiophene rings is 1. The highest BCUT2D eigenvalue weighted by atomic mass is 32.1. The Morgan fingerprint density at radius 2 is 1.57 bits per heavy atom. The molecule has 1 fully saturated rings. The van der Waals surface area contributed by atoms with Gasteiger partial charge >= 0.3 is 11.9 Å². The van der Waals surface area contributed by atoms with Crippen molar-refractivity contribution in [1.82, 2.24) is 0 Å². The molecule has 2 aliphatic carbocycles. The Balaban J connectivity index is 1.88. The lowest BCUT2D eigenvalue weighted by Crippen LogP contribution is -2.36. The number of aryl methyl sites for hydroxylation is 1. The number of esters is 2. The maximum absolute atomic E-state index is 13.0. The van der Waals surface area contributed by atoms with Crippen molar-refractivity contribution in [3.05, 3.63) is 16.0 Å². The van der Waals surface area contributed by atoms with Crippen LogP contribution in [0.3, 0.4) is 0 Å². The van der Waals surface area contributed by atoms with Gasteiger partial charge in [-0.05, 0) is 44.1 Å². The summed E-state index contributed by atoms with van der Waals surface area (Å²) in [4.78, 5) is 38.8. The van der Waals surface area contributed by atoms with Gasteiger partial charge in [0.2, 0.25) is 5.91 Å². The van der Waals surface area contributed by atoms with Crippen LogP contribution in [0.1, 0.15) is 72.2 Å². The molecule has 28 heavy (non-hydrogen) atoms. The Hall–Kier alpha value is -1.89. The minimum Gasteiger partial charge on any atom is -0.469 e. The molecule has 1 amide bonds. The molecule has 0 saturated heterocycles. The summed E-state index contributed by atoms with van der Waals surface area (Å²) < 4.78 is 9.92. The number of hydrogen-bond acceptors (Lipinski definition) is 6. The fourth-order valence-corrected chi connectivity index (χ4v) is 5.69. The first-order valence-electron chi connectivity index (χ1n) is 10.2. The summed E-state index contributed by atoms with van der Waals surface area (Å²) in [7, 11) is 2.73. The Labute approximate surface area is 170 Å². The van der Waals surface area contributed by atoms with Gasteiger partial charge < -0.3 is 14.8 Å². The largest absolute Gasteiger partial charge is 0.469 e. The Morgan fingerprint density at radius 1 is 0.893 bits per heavy atom. The maximum atomic E-state index is 13.0. The lowest BCUT2D eigenvalue weighted by Gasteiger charge is -2.28. The Bertz CT molecular complexity index is 741. The number of ether oxygens (including phenoxy) is 2. The van der Waals surface area contributed by atoms with E-state index in [1.807, 2.05) is 0 Å². The molecule has 0 spiro atoms. The molecule has 6 nitrogen and oxygen atoms in total. The van der Waals surface area contributed by atoms with E-state index in [9.17, 15) is 14.4 Å². The molecule has 1 heterocycles. The summed E-state index contributed by atoms with van der Waals surface area (Å²) >= 11 is 1.49. The molecule has 1 aromatic heterocycles. The van der Waals surface area contributed by atoms with Crippen LogP contribution < -0.4 is 5.32 Å². The fourth-order valence-electron chi connectivity index (χ4n) is 4.41. The molecule has 0 aromatic carbocycles. The van der Waals surface area contributed by atoms with Gasteiger partial charge in [0.25, 0.3) is 0 Å². The molecule has 154 valence electrons. The standard InChI is InChI=1S/C21H29NO5S/c1-26-20(24)14-10-8-7-9-13(14)18(23)22-19-17(21(25)27-2)15-11-5-3-4-6-12-16(15)28-19/h13-14H,3-12H2,1-2H3,(H,22,23)/t13-,14-/m1/s1. The molecule has 1 aromatic rings. The Morgan fingerprint density at radius 3 is 2.25 bits per heavy atom. The van der Waals surface area contributed by atoms with E-state index in [2.05, 4.69) is 5.32 Å². The Kier molecular flexibility index (Phi) is 7.10. The van der Waals surface area contributed by atoms with E-state index >= 15 is 0 Å². The van der Waals surface area contributed by atoms with Crippen molar-refractivity contribution in [3.63, 3.8) is 0 Å². The van der Waals surface area contributed by atoms with Crippen LogP contribution in [-0.4, -0.2) is 32.1 Å². The van der Waals surface area contributed by atoms with Gasteiger partial charge in [-0.3, -0.25) is 9.59 Å². The van der Waals surface area contributed by atoms with E-state index < -0.39 is 17.8 Å². The molecule has 1 saturated carbocycles. The van der Waals surface area contributed by atoms with Crippen molar-refractivity contribution in [3.8, 4) is 0 Å². The predicted octanol–water partition coefficient (Wildman–Crippen LogP) is 4.11. The van der Waals surface area contributed by atoms with Crippen LogP contribution in [0.25, 0.3) is 0 Å². The van der Waals surface area contributed by atoms with E-state index in [1.54, 1.807) is 0 Å². The zero-order chi connectivity index (χ0) is 20.1. The molecule has 0 radical (unpaired) electrons. The molecular weight excluding hydrogens is 378 g/mol. The summed E-state index contributed by atoms with van der Waals surface area (Å²) in [5.74, 6) is -1.76. The first kappa shape index (κ1) is 20.8. The van der Waals surface area contributed by atoms with Crippen LogP contribution in [0.15, 0.2) is 0 Å². The minimum absolute atomic E-state index is 0.200. The van der Waals surface area contributed by atoms with Crippen LogP contribution in [0.2, 0.25) is 0 Å². The van der Waals surface area contributed by atoms with Gasteiger partial charge in [0.1, 0.15) is 5.00 Å². The summed E-state index contributed by atoms with van der Waals surface area (Å²) in [5.41, 5.74) is 1.53. The second-order valence-electron chi connectivity index (χ2n) is 7.62. The number of carbonyl (C=O) groups is 3. The fraction of sp³-hybridized carbons (Fsp3) is 0.667. The van der Waals surface area contributed by atoms with Gasteiger partial charge in [-0.25, -0.2) is 4.79 Å². The number of amides is 1. The average Bonchev–Trinajstić information content (AvgIpc) is 3.02. The second kappa shape index (κ2) is 9.54. The molecule has 0 aliphatic heterocycles. The average molecular weight is 408 g/mol. The lowest BCUT2D eigenvalue weighted by atomic mass is 9.78. The summed E-state index contributed by atoms with van der Waals surface area (Å²) in [6.07, 6.45) is 9.38. The number of methoxy groups -OCH3 is 2. The van der Waals surface area contributed by atoms with Crippen LogP contribution in [0.4, 0.5) is 5.00 Å². The van der Waals surface area contributed by atoms with E-state index in [-0.39, 0.29) is 11.9 Å². The van der Waals surface area contributed by atoms with Gasteiger partial charge in [-0.2, -0.15) is 0 Å². The molecule has 3 rings (SSSR count). The van der Waals surface area contributed by atoms with Crippen molar-refractivity contribution < 1.29 is 23.9 Å². The molecular formula is C21H29NO5S. The molecule has 1 N–H and O–H groups in total. The van der Waals surface area contributed by atoms with E-state index in [4.69, 9.17) is 9.47 Å². The quantitative estimate of drug-likeness (QED) is 0.760. The second-order valence-corrected chi connectivity index (χ2v) is 8.73. The zero-order valence-corrected chi connectivity index (χ0v) is 17.5. The van der Waals surface area contributed by atoms with Crippen LogP contribution in [-0.2, 0) is 31.9 Å². The minimum atomic E-state index is -0.420. The van der Waals surface area contributed by atoms with Crippen molar-refractivity contribution in [1.29, 1.82) is 0 Å². The third-order valence-electron chi connectivity index (χ3n) is 5.90. The third-order valence-corrected chi connectivity index (χ3v) is 7.11. The normalized spacial score (nSPS) is 22.4. The van der Waals surface area contributed by atoms with Gasteiger partial charge in [0.05, 0.1) is 31.6 Å². The maximum Gasteiger partial charge on any atom is 0.341 e. The number of rotatable bonds is 4. The summed E-state index contributed by atoms with van der Waals surface area (Å²) in [5, 5.41) is 3.54. The predicted molar refractivity (Wildman–Crippen MR) is 108 cm³/mol. The van der Waals surface area contributed by atoms with Gasteiger partial charge in [0.15, 0.2) is 0 Å². The number of carbonyl (C=O) groups excluding carboxylic acids is 3. The topological polar surface area (TPSA) is 81.7 Å². The highest BCUT2D eigenvalue weighted by Crippen LogP contribution is 2.39. The van der Waals surface area contributed by atoms with Crippen LogP contribution in [0, 0.1) is 11.8 Å². The van der Waals surface area contributed by atoms with Crippen molar-refractivity contribution in [2.45, 2.75) is 64.2 Å². The summed E-state index contributed by atoms with van der Waals surface area (Å²) in [6.45, 7) is 0. The number of hydrogen-bond donors (Lipinski definition) is 1. The first-order chi connectivity index (χ1) is 13.6. The van der Waals surface area contributed by atoms with Gasteiger partial charge in [0, 0.05) is 4.88 Å². The van der Waals surface area contributed by atoms with Gasteiger partial charge in [-0.1, -0.05) is 25.7 Å². The SMILES string of the molecule is COC(=O)c1c(NC(=O)[C@@H]2CCCC[C@H]2C(=O)OC)sc2c1CCCCCC2. The van der Waals surface area contributed by atoms with Crippen LogP contribution in [0.5, 0.6) is 0 Å². The molecule has 2 atom stereocenters. The molecule has 7 heteroatoms. The molecule has 0 unspecified atom stereocenters. The van der Waals surface area contributed by atoms with E-state index in [0.717, 1.165) is 50.5 Å². The molecule has 2 aliphatic rings. The number of nitrogens with one attached hydrogen (secondary N) is 1. The third kappa shape index (κ3) is 4.40. The van der Waals surface area contributed by atoms with E-state index in [1.165, 1.54) is 36.9 Å². The lowest BCUT2D eigenvalue weighted by molar-refractivity contribution is -0.151. The summed E-state index contributed by atoms with van der Waals surface area (Å²) in [6, 6.07) is 0. The highest BCUT2D eigenvalue weighted by Gasteiger charge is 2.37. The molecule has 0 bridgehead atoms. The van der Waals surface area contributed by atoms with Crippen LogP contribution >= 0.6 is 11.3 Å². The highest BCUT2D eigenvalue weighted by molar-refractivity contribution is 7.17. The van der Waals surface area contributed by atoms with Crippen molar-refractivity contribution in [2.24, 2.45) is 11.8 Å². The van der Waals surface area contributed by atoms with Crippen molar-refractivity contribution in [2.75, 3.05) is 19.5 Å². The smallest absolute Gasteiger partial charge is 0.341 e. The van der Waals surface area contributed by atoms with Crippen molar-refractivity contribution >= 4 is 34.2 Å². The van der Waals surface area contributed by atoms with Gasteiger partial charge in [-0.15, -0.1) is 11.3 Å². The first-order valence-corrected chi connectivity index (χ1v) is 11.0. The van der Waals surface area contributed by atoms with E-state index in [0.29, 0.717) is 23.4 Å². The number of anilines is 1. The monoisotopic (exact) mass is 407 g/mol. The zero-order valence-electron chi connectivity index (χ0n) is 16.7.